The van der Waals surface area contributed by atoms with Crippen molar-refractivity contribution in [1.82, 2.24) is 19.7 Å². The molecule has 3 atom stereocenters. The van der Waals surface area contributed by atoms with E-state index in [0.29, 0.717) is 6.42 Å². The van der Waals surface area contributed by atoms with Crippen LogP contribution in [0.3, 0.4) is 0 Å². The fraction of sp³-hybridized carbons (Fsp3) is 0.643. The second-order valence-electron chi connectivity index (χ2n) is 6.35. The number of phosphoric acid groups is 1. The Labute approximate surface area is 162 Å². The molecule has 0 spiro atoms. The van der Waals surface area contributed by atoms with E-state index in [-0.39, 0.29) is 36.2 Å². The Morgan fingerprint density at radius 1 is 1.10 bits per heavy atom. The van der Waals surface area contributed by atoms with Gasteiger partial charge in [0.25, 0.3) is 5.56 Å². The van der Waals surface area contributed by atoms with Gasteiger partial charge in [0, 0.05) is 0 Å². The fourth-order valence-electron chi connectivity index (χ4n) is 2.72. The molecule has 0 amide bonds. The lowest BCUT2D eigenvalue weighted by Gasteiger charge is -2.21. The van der Waals surface area contributed by atoms with Gasteiger partial charge in [-0.05, 0) is 19.3 Å². The molecule has 2 rings (SSSR count). The van der Waals surface area contributed by atoms with E-state index in [1.165, 1.54) is 0 Å². The molecule has 0 radical (unpaired) electrons. The zero-order valence-corrected chi connectivity index (χ0v) is 16.0. The van der Waals surface area contributed by atoms with Crippen LogP contribution in [0.5, 0.6) is 0 Å². The van der Waals surface area contributed by atoms with Gasteiger partial charge in [-0.1, -0.05) is 0 Å². The predicted molar refractivity (Wildman–Crippen MR) is 97.0 cm³/mol. The van der Waals surface area contributed by atoms with Crippen LogP contribution in [0.25, 0.3) is 11.0 Å². The molecule has 0 aliphatic rings. The maximum Gasteiger partial charge on any atom is 0.469 e. The van der Waals surface area contributed by atoms with E-state index >= 15 is 0 Å². The van der Waals surface area contributed by atoms with Crippen molar-refractivity contribution in [2.45, 2.75) is 44.1 Å². The summed E-state index contributed by atoms with van der Waals surface area (Å²) in [6.45, 7) is -1.38. The lowest BCUT2D eigenvalue weighted by atomic mass is 10.1. The van der Waals surface area contributed by atoms with Crippen molar-refractivity contribution >= 4 is 18.9 Å². The van der Waals surface area contributed by atoms with E-state index in [4.69, 9.17) is 14.9 Å². The molecule has 2 aromatic rings. The van der Waals surface area contributed by atoms with E-state index in [0.717, 1.165) is 4.68 Å². The van der Waals surface area contributed by atoms with Gasteiger partial charge in [0.05, 0.1) is 25.5 Å². The summed E-state index contributed by atoms with van der Waals surface area (Å²) in [5.41, 5.74) is -1.29. The number of aromatic nitrogens is 4. The van der Waals surface area contributed by atoms with E-state index < -0.39 is 50.5 Å². The molecule has 14 nitrogen and oxygen atoms in total. The first-order valence-electron chi connectivity index (χ1n) is 8.60. The first-order valence-corrected chi connectivity index (χ1v) is 10.1. The van der Waals surface area contributed by atoms with Crippen molar-refractivity contribution in [3.8, 4) is 0 Å². The molecule has 0 saturated carbocycles. The number of fused-ring (bicyclic) bond motifs is 1. The average Bonchev–Trinajstić information content (AvgIpc) is 2.96. The van der Waals surface area contributed by atoms with Crippen molar-refractivity contribution in [1.29, 1.82) is 0 Å². The Balaban J connectivity index is 2.22. The molecule has 0 bridgehead atoms. The van der Waals surface area contributed by atoms with Crippen LogP contribution in [0.2, 0.25) is 0 Å². The van der Waals surface area contributed by atoms with Gasteiger partial charge in [0.1, 0.15) is 29.3 Å². The molecule has 0 aliphatic heterocycles. The highest BCUT2D eigenvalue weighted by atomic mass is 31.2. The van der Waals surface area contributed by atoms with Crippen molar-refractivity contribution < 1.29 is 39.3 Å². The summed E-state index contributed by atoms with van der Waals surface area (Å²) in [5, 5.41) is 42.3. The number of hydrogen-bond donors (Lipinski definition) is 8. The molecule has 0 fully saturated rings. The van der Waals surface area contributed by atoms with E-state index in [9.17, 15) is 29.5 Å². The quantitative estimate of drug-likeness (QED) is 0.129. The normalized spacial score (nSPS) is 15.5. The number of unbranched alkanes of at least 4 members (excludes halogenated alkanes) is 1. The number of aliphatic hydroxyl groups is 4. The molecule has 164 valence electrons. The molecule has 15 heteroatoms. The predicted octanol–water partition coefficient (Wildman–Crippen LogP) is -3.08. The number of nitrogens with one attached hydrogen (secondary N) is 2. The largest absolute Gasteiger partial charge is 0.469 e. The Morgan fingerprint density at radius 2 is 1.79 bits per heavy atom. The second kappa shape index (κ2) is 9.73. The zero-order chi connectivity index (χ0) is 21.8. The SMILES string of the molecule is O=c1[nH]c(=O)c2c(CCCCOP(=O)(O)O)nn(C[C@H](O)[C@H](O)[C@H](O)CO)c2[nH]1. The van der Waals surface area contributed by atoms with Gasteiger partial charge < -0.3 is 30.2 Å². The van der Waals surface area contributed by atoms with Gasteiger partial charge in [-0.25, -0.2) is 14.0 Å². The molecule has 0 aromatic carbocycles. The van der Waals surface area contributed by atoms with Gasteiger partial charge >= 0.3 is 13.5 Å². The minimum absolute atomic E-state index is 0.00930. The van der Waals surface area contributed by atoms with Crippen LogP contribution in [0.1, 0.15) is 18.5 Å². The Morgan fingerprint density at radius 3 is 2.41 bits per heavy atom. The summed E-state index contributed by atoms with van der Waals surface area (Å²) >= 11 is 0. The number of nitrogens with zero attached hydrogens (tertiary/aromatic N) is 2. The molecular formula is C14H23N4O10P. The molecular weight excluding hydrogens is 415 g/mol. The summed E-state index contributed by atoms with van der Waals surface area (Å²) in [7, 11) is -4.57. The number of aliphatic hydroxyl groups excluding tert-OH is 4. The van der Waals surface area contributed by atoms with E-state index in [1.54, 1.807) is 0 Å². The standard InChI is InChI=1S/C14H23N4O10P/c19-6-9(21)11(22)8(20)5-18-12-10(13(23)16-14(24)15-12)7(17-18)3-1-2-4-28-29(25,26)27/h8-9,11,19-22H,1-6H2,(H2,25,26,27)(H2,15,16,23,24)/t8-,9+,11-/m0/s1. The number of aryl methyl sites for hydroxylation is 1. The molecule has 0 aliphatic carbocycles. The van der Waals surface area contributed by atoms with Crippen molar-refractivity contribution in [2.24, 2.45) is 0 Å². The van der Waals surface area contributed by atoms with Crippen LogP contribution in [-0.4, -0.2) is 81.5 Å². The lowest BCUT2D eigenvalue weighted by molar-refractivity contribution is -0.0811. The minimum Gasteiger partial charge on any atom is -0.394 e. The number of rotatable bonds is 11. The summed E-state index contributed by atoms with van der Waals surface area (Å²) < 4.78 is 16.1. The topological polar surface area (TPSA) is 231 Å². The highest BCUT2D eigenvalue weighted by Gasteiger charge is 2.26. The number of H-pyrrole nitrogens is 2. The van der Waals surface area contributed by atoms with Gasteiger partial charge in [-0.2, -0.15) is 5.10 Å². The van der Waals surface area contributed by atoms with Crippen molar-refractivity contribution in [2.75, 3.05) is 13.2 Å². The Bertz CT molecular complexity index is 979. The molecule has 0 unspecified atom stereocenters. The summed E-state index contributed by atoms with van der Waals surface area (Å²) in [4.78, 5) is 45.5. The van der Waals surface area contributed by atoms with Gasteiger partial charge in [0.2, 0.25) is 0 Å². The molecule has 0 saturated heterocycles. The average molecular weight is 438 g/mol. The fourth-order valence-corrected chi connectivity index (χ4v) is 3.08. The van der Waals surface area contributed by atoms with Crippen LogP contribution < -0.4 is 11.2 Å². The maximum absolute atomic E-state index is 12.2. The third-order valence-electron chi connectivity index (χ3n) is 4.11. The van der Waals surface area contributed by atoms with Crippen LogP contribution in [0.4, 0.5) is 0 Å². The number of aromatic amines is 2. The summed E-state index contributed by atoms with van der Waals surface area (Å²) in [6, 6.07) is 0. The van der Waals surface area contributed by atoms with Crippen molar-refractivity contribution in [3.05, 3.63) is 26.5 Å². The maximum atomic E-state index is 12.2. The molecule has 2 aromatic heterocycles. The van der Waals surface area contributed by atoms with E-state index in [2.05, 4.69) is 19.6 Å². The smallest absolute Gasteiger partial charge is 0.394 e. The van der Waals surface area contributed by atoms with Crippen LogP contribution >= 0.6 is 7.82 Å². The summed E-state index contributed by atoms with van der Waals surface area (Å²) in [6.07, 6.45) is -4.05. The van der Waals surface area contributed by atoms with E-state index in [1.807, 2.05) is 0 Å². The highest BCUT2D eigenvalue weighted by Crippen LogP contribution is 2.35. The lowest BCUT2D eigenvalue weighted by Crippen LogP contribution is -2.41. The van der Waals surface area contributed by atoms with Gasteiger partial charge in [-0.3, -0.25) is 19.3 Å². The first-order chi connectivity index (χ1) is 13.5. The molecule has 8 N–H and O–H groups in total. The zero-order valence-electron chi connectivity index (χ0n) is 15.1. The molecule has 2 heterocycles. The second-order valence-corrected chi connectivity index (χ2v) is 7.59. The third-order valence-corrected chi connectivity index (χ3v) is 4.63. The first kappa shape index (κ1) is 23.4. The monoisotopic (exact) mass is 438 g/mol. The van der Waals surface area contributed by atoms with Crippen LogP contribution in [0.15, 0.2) is 9.59 Å². The Kier molecular flexibility index (Phi) is 7.85. The number of hydrogen-bond acceptors (Lipinski definition) is 9. The van der Waals surface area contributed by atoms with Gasteiger partial charge in [-0.15, -0.1) is 0 Å². The molecule has 29 heavy (non-hydrogen) atoms. The summed E-state index contributed by atoms with van der Waals surface area (Å²) in [5.74, 6) is 0. The third kappa shape index (κ3) is 6.29. The minimum atomic E-state index is -4.57. The van der Waals surface area contributed by atoms with Crippen molar-refractivity contribution in [3.63, 3.8) is 0 Å². The van der Waals surface area contributed by atoms with Gasteiger partial charge in [0.15, 0.2) is 0 Å². The number of phosphoric ester groups is 1. The van der Waals surface area contributed by atoms with Crippen LogP contribution in [-0.2, 0) is 22.1 Å². The van der Waals surface area contributed by atoms with Crippen LogP contribution in [0, 0.1) is 0 Å². The highest BCUT2D eigenvalue weighted by molar-refractivity contribution is 7.46. The Hall–Kier alpha value is -1.90.